The first-order valence-electron chi connectivity index (χ1n) is 5.83. The lowest BCUT2D eigenvalue weighted by atomic mass is 10.3. The van der Waals surface area contributed by atoms with Crippen LogP contribution in [0.1, 0.15) is 20.3 Å². The van der Waals surface area contributed by atoms with Gasteiger partial charge in [0.2, 0.25) is 0 Å². The van der Waals surface area contributed by atoms with Crippen LogP contribution in [0, 0.1) is 0 Å². The molecular formula is C13H19NO2S. The highest BCUT2D eigenvalue weighted by Gasteiger charge is 2.08. The van der Waals surface area contributed by atoms with Crippen molar-refractivity contribution in [3.8, 4) is 5.75 Å². The lowest BCUT2D eigenvalue weighted by Gasteiger charge is -2.13. The number of ether oxygens (including phenoxy) is 1. The molecule has 0 spiro atoms. The van der Waals surface area contributed by atoms with Crippen molar-refractivity contribution in [1.29, 1.82) is 0 Å². The molecule has 1 N–H and O–H groups in total. The van der Waals surface area contributed by atoms with E-state index in [4.69, 9.17) is 4.74 Å². The second-order valence-corrected chi connectivity index (χ2v) is 5.13. The third kappa shape index (κ3) is 6.22. The molecule has 0 aliphatic heterocycles. The first kappa shape index (κ1) is 13.9. The van der Waals surface area contributed by atoms with E-state index >= 15 is 0 Å². The molecule has 0 aliphatic carbocycles. The third-order valence-corrected chi connectivity index (χ3v) is 3.15. The normalized spacial score (nSPS) is 11.9. The summed E-state index contributed by atoms with van der Waals surface area (Å²) < 4.78 is 5.13. The number of hydrogen-bond acceptors (Lipinski definition) is 3. The van der Waals surface area contributed by atoms with Crippen molar-refractivity contribution < 1.29 is 9.53 Å². The maximum atomic E-state index is 11.5. The molecule has 1 rings (SSSR count). The monoisotopic (exact) mass is 253 g/mol. The summed E-state index contributed by atoms with van der Waals surface area (Å²) in [5, 5.41) is 2.81. The summed E-state index contributed by atoms with van der Waals surface area (Å²) in [4.78, 5) is 11.5. The summed E-state index contributed by atoms with van der Waals surface area (Å²) in [6.07, 6.45) is 0.577. The van der Waals surface area contributed by atoms with E-state index in [-0.39, 0.29) is 12.1 Å². The first-order chi connectivity index (χ1) is 8.22. The molecule has 17 heavy (non-hydrogen) atoms. The van der Waals surface area contributed by atoms with Crippen molar-refractivity contribution in [1.82, 2.24) is 5.32 Å². The quantitative estimate of drug-likeness (QED) is 0.790. The minimum absolute atomic E-state index is 0.144. The van der Waals surface area contributed by atoms with E-state index in [1.165, 1.54) is 0 Å². The molecule has 0 radical (unpaired) electrons. The highest BCUT2D eigenvalue weighted by Crippen LogP contribution is 2.09. The van der Waals surface area contributed by atoms with E-state index in [1.807, 2.05) is 36.9 Å². The number of nitrogens with one attached hydrogen (secondary N) is 1. The molecule has 1 aromatic carbocycles. The van der Waals surface area contributed by atoms with Gasteiger partial charge < -0.3 is 10.1 Å². The lowest BCUT2D eigenvalue weighted by molar-refractivity contribution is 0.196. The first-order valence-corrected chi connectivity index (χ1v) is 6.99. The van der Waals surface area contributed by atoms with Crippen LogP contribution in [-0.4, -0.2) is 23.6 Å². The summed E-state index contributed by atoms with van der Waals surface area (Å²) >= 11 is 1.88. The number of rotatable bonds is 6. The fraction of sp³-hybridized carbons (Fsp3) is 0.462. The maximum absolute atomic E-state index is 11.5. The van der Waals surface area contributed by atoms with Gasteiger partial charge in [0.15, 0.2) is 0 Å². The summed E-state index contributed by atoms with van der Waals surface area (Å²) in [5.41, 5.74) is 0. The van der Waals surface area contributed by atoms with E-state index < -0.39 is 0 Å². The van der Waals surface area contributed by atoms with Crippen molar-refractivity contribution in [2.45, 2.75) is 26.3 Å². The van der Waals surface area contributed by atoms with Crippen molar-refractivity contribution in [2.75, 3.05) is 11.5 Å². The number of benzene rings is 1. The van der Waals surface area contributed by atoms with Crippen molar-refractivity contribution in [3.63, 3.8) is 0 Å². The number of hydrogen-bond donors (Lipinski definition) is 1. The summed E-state index contributed by atoms with van der Waals surface area (Å²) in [6, 6.07) is 9.22. The Morgan fingerprint density at radius 1 is 1.41 bits per heavy atom. The van der Waals surface area contributed by atoms with Gasteiger partial charge in [0, 0.05) is 6.04 Å². The molecule has 0 heterocycles. The highest BCUT2D eigenvalue weighted by molar-refractivity contribution is 7.99. The molecule has 4 heteroatoms. The number of amides is 1. The van der Waals surface area contributed by atoms with Gasteiger partial charge in [-0.1, -0.05) is 25.1 Å². The molecule has 1 atom stereocenters. The van der Waals surface area contributed by atoms with Crippen LogP contribution >= 0.6 is 11.8 Å². The van der Waals surface area contributed by atoms with Gasteiger partial charge in [-0.15, -0.1) is 0 Å². The number of carbonyl (C=O) groups excluding carboxylic acids is 1. The highest BCUT2D eigenvalue weighted by atomic mass is 32.2. The molecule has 1 amide bonds. The molecule has 0 fully saturated rings. The molecule has 0 saturated carbocycles. The average molecular weight is 253 g/mol. The Morgan fingerprint density at radius 3 is 2.76 bits per heavy atom. The number of thioether (sulfide) groups is 1. The number of para-hydroxylation sites is 1. The summed E-state index contributed by atoms with van der Waals surface area (Å²) in [6.45, 7) is 4.12. The zero-order chi connectivity index (χ0) is 12.5. The fourth-order valence-corrected chi connectivity index (χ4v) is 2.11. The summed E-state index contributed by atoms with van der Waals surface area (Å²) in [5.74, 6) is 2.74. The van der Waals surface area contributed by atoms with Gasteiger partial charge in [-0.2, -0.15) is 11.8 Å². The SMILES string of the molecule is CCSCCC(C)NC(=O)Oc1ccccc1. The van der Waals surface area contributed by atoms with E-state index in [9.17, 15) is 4.79 Å². The molecule has 0 aromatic heterocycles. The molecule has 0 saturated heterocycles. The van der Waals surface area contributed by atoms with E-state index in [2.05, 4.69) is 12.2 Å². The molecule has 94 valence electrons. The predicted octanol–water partition coefficient (Wildman–Crippen LogP) is 3.31. The molecular weight excluding hydrogens is 234 g/mol. The van der Waals surface area contributed by atoms with Crippen LogP contribution in [0.3, 0.4) is 0 Å². The standard InChI is InChI=1S/C13H19NO2S/c1-3-17-10-9-11(2)14-13(15)16-12-7-5-4-6-8-12/h4-8,11H,3,9-10H2,1-2H3,(H,14,15). The van der Waals surface area contributed by atoms with E-state index in [1.54, 1.807) is 12.1 Å². The zero-order valence-corrected chi connectivity index (χ0v) is 11.1. The van der Waals surface area contributed by atoms with Gasteiger partial charge in [-0.3, -0.25) is 0 Å². The molecule has 0 bridgehead atoms. The third-order valence-electron chi connectivity index (χ3n) is 2.22. The van der Waals surface area contributed by atoms with Gasteiger partial charge in [-0.05, 0) is 37.0 Å². The second-order valence-electron chi connectivity index (χ2n) is 3.73. The largest absolute Gasteiger partial charge is 0.412 e. The molecule has 1 aromatic rings. The van der Waals surface area contributed by atoms with Crippen LogP contribution in [0.4, 0.5) is 4.79 Å². The Bertz CT molecular complexity index is 329. The van der Waals surface area contributed by atoms with E-state index in [0.717, 1.165) is 17.9 Å². The predicted molar refractivity (Wildman–Crippen MR) is 72.7 cm³/mol. The molecule has 1 unspecified atom stereocenters. The fourth-order valence-electron chi connectivity index (χ4n) is 1.30. The molecule has 0 aliphatic rings. The lowest BCUT2D eigenvalue weighted by Crippen LogP contribution is -2.35. The zero-order valence-electron chi connectivity index (χ0n) is 10.3. The van der Waals surface area contributed by atoms with Crippen molar-refractivity contribution in [3.05, 3.63) is 30.3 Å². The Hall–Kier alpha value is -1.16. The van der Waals surface area contributed by atoms with Crippen LogP contribution < -0.4 is 10.1 Å². The van der Waals surface area contributed by atoms with E-state index in [0.29, 0.717) is 5.75 Å². The number of carbonyl (C=O) groups is 1. The maximum Gasteiger partial charge on any atom is 0.412 e. The second kappa shape index (κ2) is 8.01. The Balaban J connectivity index is 2.25. The van der Waals surface area contributed by atoms with Gasteiger partial charge in [0.05, 0.1) is 0 Å². The van der Waals surface area contributed by atoms with Gasteiger partial charge in [-0.25, -0.2) is 4.79 Å². The Labute approximate surface area is 107 Å². The van der Waals surface area contributed by atoms with Gasteiger partial charge in [0.25, 0.3) is 0 Å². The van der Waals surface area contributed by atoms with Crippen LogP contribution in [-0.2, 0) is 0 Å². The average Bonchev–Trinajstić information content (AvgIpc) is 2.30. The van der Waals surface area contributed by atoms with Crippen LogP contribution in [0.2, 0.25) is 0 Å². The summed E-state index contributed by atoms with van der Waals surface area (Å²) in [7, 11) is 0. The van der Waals surface area contributed by atoms with Crippen molar-refractivity contribution in [2.24, 2.45) is 0 Å². The topological polar surface area (TPSA) is 38.3 Å². The smallest absolute Gasteiger partial charge is 0.410 e. The van der Waals surface area contributed by atoms with Gasteiger partial charge >= 0.3 is 6.09 Å². The van der Waals surface area contributed by atoms with Crippen molar-refractivity contribution >= 4 is 17.9 Å². The Morgan fingerprint density at radius 2 is 2.12 bits per heavy atom. The Kier molecular flexibility index (Phi) is 6.55. The minimum Gasteiger partial charge on any atom is -0.410 e. The molecule has 3 nitrogen and oxygen atoms in total. The minimum atomic E-state index is -0.384. The van der Waals surface area contributed by atoms with Crippen LogP contribution in [0.25, 0.3) is 0 Å². The van der Waals surface area contributed by atoms with Crippen LogP contribution in [0.5, 0.6) is 5.75 Å². The van der Waals surface area contributed by atoms with Crippen LogP contribution in [0.15, 0.2) is 30.3 Å². The van der Waals surface area contributed by atoms with Gasteiger partial charge in [0.1, 0.15) is 5.75 Å².